The molecule has 1 aliphatic heterocycles. The number of benzene rings is 2. The van der Waals surface area contributed by atoms with E-state index in [1.807, 2.05) is 30.3 Å². The van der Waals surface area contributed by atoms with Crippen LogP contribution in [0.2, 0.25) is 10.0 Å². The van der Waals surface area contributed by atoms with Crippen molar-refractivity contribution < 1.29 is 14.7 Å². The highest BCUT2D eigenvalue weighted by Crippen LogP contribution is 2.37. The minimum absolute atomic E-state index is 0.155. The lowest BCUT2D eigenvalue weighted by Crippen LogP contribution is -2.45. The molecule has 1 heterocycles. The van der Waals surface area contributed by atoms with E-state index >= 15 is 0 Å². The second-order valence-electron chi connectivity index (χ2n) is 5.73. The van der Waals surface area contributed by atoms with Gasteiger partial charge in [-0.1, -0.05) is 83.6 Å². The van der Waals surface area contributed by atoms with Crippen molar-refractivity contribution in [3.63, 3.8) is 0 Å². The molecule has 1 fully saturated rings. The van der Waals surface area contributed by atoms with Crippen LogP contribution in [0.5, 0.6) is 0 Å². The van der Waals surface area contributed by atoms with Gasteiger partial charge in [-0.3, -0.25) is 9.69 Å². The summed E-state index contributed by atoms with van der Waals surface area (Å²) in [4.78, 5) is 26.1. The Morgan fingerprint density at radius 1 is 1.15 bits per heavy atom. The molecule has 1 atom stereocenters. The molecular weight excluding hydrogens is 425 g/mol. The lowest BCUT2D eigenvalue weighted by atomic mass is 10.0. The fraction of sp³-hybridized carbons (Fsp3) is 0.105. The summed E-state index contributed by atoms with van der Waals surface area (Å²) in [6.07, 6.45) is 1.70. The second-order valence-corrected chi connectivity index (χ2v) is 8.22. The van der Waals surface area contributed by atoms with Crippen LogP contribution in [0.4, 0.5) is 0 Å². The molecule has 138 valence electrons. The zero-order chi connectivity index (χ0) is 19.6. The molecule has 2 aromatic carbocycles. The molecule has 0 unspecified atom stereocenters. The highest BCUT2D eigenvalue weighted by Gasteiger charge is 2.40. The summed E-state index contributed by atoms with van der Waals surface area (Å²) in [5.41, 5.74) is 1.30. The normalized spacial score (nSPS) is 16.8. The van der Waals surface area contributed by atoms with Gasteiger partial charge >= 0.3 is 5.97 Å². The first-order valence-corrected chi connectivity index (χ1v) is 9.84. The predicted octanol–water partition coefficient (Wildman–Crippen LogP) is 4.89. The maximum absolute atomic E-state index is 12.9. The Balaban J connectivity index is 1.92. The smallest absolute Gasteiger partial charge is 0.327 e. The van der Waals surface area contributed by atoms with Crippen molar-refractivity contribution in [3.8, 4) is 0 Å². The number of nitrogens with zero attached hydrogens (tertiary/aromatic N) is 1. The van der Waals surface area contributed by atoms with E-state index in [1.165, 1.54) is 0 Å². The second kappa shape index (κ2) is 8.44. The number of rotatable bonds is 5. The zero-order valence-electron chi connectivity index (χ0n) is 13.8. The number of carboxylic acids is 1. The number of amides is 1. The Morgan fingerprint density at radius 2 is 1.78 bits per heavy atom. The highest BCUT2D eigenvalue weighted by atomic mass is 35.5. The van der Waals surface area contributed by atoms with Crippen molar-refractivity contribution in [2.45, 2.75) is 12.5 Å². The van der Waals surface area contributed by atoms with Crippen molar-refractivity contribution in [2.24, 2.45) is 0 Å². The summed E-state index contributed by atoms with van der Waals surface area (Å²) in [6, 6.07) is 13.0. The summed E-state index contributed by atoms with van der Waals surface area (Å²) in [5, 5.41) is 10.5. The summed E-state index contributed by atoms with van der Waals surface area (Å²) in [7, 11) is 0. The van der Waals surface area contributed by atoms with Gasteiger partial charge in [-0.25, -0.2) is 4.79 Å². The van der Waals surface area contributed by atoms with Gasteiger partial charge in [-0.05, 0) is 23.8 Å². The molecular formula is C19H13Cl2NO3S2. The van der Waals surface area contributed by atoms with Crippen molar-refractivity contribution in [3.05, 3.63) is 74.6 Å². The monoisotopic (exact) mass is 437 g/mol. The quantitative estimate of drug-likeness (QED) is 0.532. The number of hydrogen-bond acceptors (Lipinski definition) is 4. The molecule has 27 heavy (non-hydrogen) atoms. The predicted molar refractivity (Wildman–Crippen MR) is 113 cm³/mol. The maximum atomic E-state index is 12.9. The molecule has 1 N–H and O–H groups in total. The number of thioether (sulfide) groups is 1. The first-order valence-electron chi connectivity index (χ1n) is 7.86. The average molecular weight is 438 g/mol. The van der Waals surface area contributed by atoms with E-state index in [4.69, 9.17) is 35.4 Å². The number of hydrogen-bond donors (Lipinski definition) is 1. The van der Waals surface area contributed by atoms with Crippen LogP contribution in [0.15, 0.2) is 53.4 Å². The van der Waals surface area contributed by atoms with Gasteiger partial charge in [0.1, 0.15) is 10.4 Å². The van der Waals surface area contributed by atoms with Crippen LogP contribution in [0, 0.1) is 0 Å². The Labute approximate surface area is 175 Å². The van der Waals surface area contributed by atoms with E-state index in [2.05, 4.69) is 0 Å². The fourth-order valence-corrected chi connectivity index (χ4v) is 4.50. The van der Waals surface area contributed by atoms with Crippen molar-refractivity contribution in [2.75, 3.05) is 0 Å². The number of carbonyl (C=O) groups excluding carboxylic acids is 1. The third kappa shape index (κ3) is 4.35. The molecule has 0 bridgehead atoms. The van der Waals surface area contributed by atoms with E-state index in [0.29, 0.717) is 15.6 Å². The SMILES string of the molecule is O=C(O)[C@H](Cc1ccccc1)N1C(=O)/C(=C/c2c(Cl)cccc2Cl)SC1=S. The molecule has 0 aliphatic carbocycles. The van der Waals surface area contributed by atoms with Crippen LogP contribution >= 0.6 is 47.2 Å². The topological polar surface area (TPSA) is 57.6 Å². The first kappa shape index (κ1) is 19.9. The maximum Gasteiger partial charge on any atom is 0.327 e. The Morgan fingerprint density at radius 3 is 2.37 bits per heavy atom. The summed E-state index contributed by atoms with van der Waals surface area (Å²) in [5.74, 6) is -1.59. The van der Waals surface area contributed by atoms with Crippen LogP contribution in [-0.2, 0) is 16.0 Å². The first-order chi connectivity index (χ1) is 12.9. The van der Waals surface area contributed by atoms with Gasteiger partial charge in [0, 0.05) is 22.0 Å². The molecule has 0 aromatic heterocycles. The third-order valence-electron chi connectivity index (χ3n) is 3.97. The third-order valence-corrected chi connectivity index (χ3v) is 5.96. The lowest BCUT2D eigenvalue weighted by molar-refractivity contribution is -0.145. The van der Waals surface area contributed by atoms with Crippen LogP contribution in [-0.4, -0.2) is 32.2 Å². The van der Waals surface area contributed by atoms with Gasteiger partial charge in [0.25, 0.3) is 5.91 Å². The molecule has 2 aromatic rings. The summed E-state index contributed by atoms with van der Waals surface area (Å²) < 4.78 is 0.192. The minimum Gasteiger partial charge on any atom is -0.480 e. The number of aliphatic carboxylic acids is 1. The molecule has 4 nitrogen and oxygen atoms in total. The van der Waals surface area contributed by atoms with Crippen molar-refractivity contribution in [1.82, 2.24) is 4.90 Å². The van der Waals surface area contributed by atoms with Crippen LogP contribution < -0.4 is 0 Å². The van der Waals surface area contributed by atoms with E-state index in [1.54, 1.807) is 24.3 Å². The molecule has 0 spiro atoms. The number of carboxylic acid groups (broad SMARTS) is 1. The van der Waals surface area contributed by atoms with Crippen LogP contribution in [0.3, 0.4) is 0 Å². The number of carbonyl (C=O) groups is 2. The number of thiocarbonyl (C=S) groups is 1. The van der Waals surface area contributed by atoms with E-state index < -0.39 is 17.9 Å². The summed E-state index contributed by atoms with van der Waals surface area (Å²) in [6.45, 7) is 0. The zero-order valence-corrected chi connectivity index (χ0v) is 16.9. The van der Waals surface area contributed by atoms with Gasteiger partial charge in [0.05, 0.1) is 4.91 Å². The van der Waals surface area contributed by atoms with E-state index in [0.717, 1.165) is 22.2 Å². The van der Waals surface area contributed by atoms with Gasteiger partial charge < -0.3 is 5.11 Å². The molecule has 1 aliphatic rings. The fourth-order valence-electron chi connectivity index (χ4n) is 2.65. The van der Waals surface area contributed by atoms with Crippen LogP contribution in [0.1, 0.15) is 11.1 Å². The Kier molecular flexibility index (Phi) is 6.22. The Hall–Kier alpha value is -1.86. The summed E-state index contributed by atoms with van der Waals surface area (Å²) >= 11 is 18.6. The standard InChI is InChI=1S/C19H13Cl2NO3S2/c20-13-7-4-8-14(21)12(13)10-16-17(23)22(19(26)27-16)15(18(24)25)9-11-5-2-1-3-6-11/h1-8,10,15H,9H2,(H,24,25)/b16-10-/t15-/m0/s1. The van der Waals surface area contributed by atoms with Gasteiger partial charge in [0.15, 0.2) is 0 Å². The molecule has 1 amide bonds. The van der Waals surface area contributed by atoms with Gasteiger partial charge in [-0.15, -0.1) is 0 Å². The van der Waals surface area contributed by atoms with Gasteiger partial charge in [0.2, 0.25) is 0 Å². The minimum atomic E-state index is -1.12. The van der Waals surface area contributed by atoms with E-state index in [-0.39, 0.29) is 15.6 Å². The largest absolute Gasteiger partial charge is 0.480 e. The Bertz CT molecular complexity index is 927. The van der Waals surface area contributed by atoms with Crippen LogP contribution in [0.25, 0.3) is 6.08 Å². The molecule has 0 radical (unpaired) electrons. The average Bonchev–Trinajstić information content (AvgIpc) is 2.90. The molecule has 8 heteroatoms. The number of halogens is 2. The molecule has 0 saturated carbocycles. The van der Waals surface area contributed by atoms with Crippen molar-refractivity contribution >= 4 is 69.5 Å². The highest BCUT2D eigenvalue weighted by molar-refractivity contribution is 8.26. The van der Waals surface area contributed by atoms with Gasteiger partial charge in [-0.2, -0.15) is 0 Å². The molecule has 3 rings (SSSR count). The molecule has 1 saturated heterocycles. The van der Waals surface area contributed by atoms with Crippen molar-refractivity contribution in [1.29, 1.82) is 0 Å². The lowest BCUT2D eigenvalue weighted by Gasteiger charge is -2.23. The van der Waals surface area contributed by atoms with E-state index in [9.17, 15) is 14.7 Å².